The highest BCUT2D eigenvalue weighted by Gasteiger charge is 2.22. The predicted octanol–water partition coefficient (Wildman–Crippen LogP) is 5.75. The van der Waals surface area contributed by atoms with Gasteiger partial charge in [-0.15, -0.1) is 11.8 Å². The molecule has 3 aromatic rings. The molecule has 8 heteroatoms. The van der Waals surface area contributed by atoms with E-state index in [-0.39, 0.29) is 17.8 Å². The van der Waals surface area contributed by atoms with Crippen LogP contribution in [0.5, 0.6) is 5.75 Å². The molecule has 0 N–H and O–H groups in total. The van der Waals surface area contributed by atoms with Crippen LogP contribution in [-0.4, -0.2) is 27.6 Å². The Morgan fingerprint density at radius 3 is 2.79 bits per heavy atom. The van der Waals surface area contributed by atoms with Gasteiger partial charge in [0.25, 0.3) is 5.91 Å². The second kappa shape index (κ2) is 8.04. The van der Waals surface area contributed by atoms with Crippen LogP contribution < -0.4 is 4.74 Å². The highest BCUT2D eigenvalue weighted by atomic mass is 32.2. The van der Waals surface area contributed by atoms with Crippen molar-refractivity contribution in [3.05, 3.63) is 53.1 Å². The Balaban J connectivity index is 1.71. The number of aromatic nitrogens is 1. The number of furan rings is 1. The molecule has 0 atom stereocenters. The number of ether oxygens (including phenoxy) is 1. The zero-order valence-corrected chi connectivity index (χ0v) is 17.6. The van der Waals surface area contributed by atoms with E-state index in [1.807, 2.05) is 20.1 Å². The number of rotatable bonds is 4. The van der Waals surface area contributed by atoms with Gasteiger partial charge in [-0.25, -0.2) is 4.39 Å². The number of amides is 1. The summed E-state index contributed by atoms with van der Waals surface area (Å²) < 4.78 is 26.6. The van der Waals surface area contributed by atoms with Crippen molar-refractivity contribution in [2.45, 2.75) is 20.0 Å². The summed E-state index contributed by atoms with van der Waals surface area (Å²) in [6, 6.07) is 6.58. The van der Waals surface area contributed by atoms with Crippen LogP contribution in [0.3, 0.4) is 0 Å². The van der Waals surface area contributed by atoms with Crippen molar-refractivity contribution in [2.24, 2.45) is 4.99 Å². The Morgan fingerprint density at radius 2 is 2.10 bits per heavy atom. The zero-order chi connectivity index (χ0) is 20.5. The monoisotopic (exact) mass is 428 g/mol. The maximum Gasteiger partial charge on any atom is 0.285 e. The smallest absolute Gasteiger partial charge is 0.285 e. The number of hydrogen-bond acceptors (Lipinski definition) is 6. The number of pyridine rings is 1. The number of halogens is 1. The topological polar surface area (TPSA) is 64.7 Å². The van der Waals surface area contributed by atoms with Crippen LogP contribution in [0.2, 0.25) is 0 Å². The van der Waals surface area contributed by atoms with Crippen LogP contribution in [-0.2, 0) is 4.79 Å². The minimum Gasteiger partial charge on any atom is -0.488 e. The average Bonchev–Trinajstić information content (AvgIpc) is 3.26. The normalized spacial score (nSPS) is 15.6. The maximum absolute atomic E-state index is 14.4. The highest BCUT2D eigenvalue weighted by molar-refractivity contribution is 8.40. The van der Waals surface area contributed by atoms with Crippen molar-refractivity contribution < 1.29 is 18.3 Å². The van der Waals surface area contributed by atoms with Crippen molar-refractivity contribution in [1.82, 2.24) is 4.98 Å². The Kier molecular flexibility index (Phi) is 5.47. The Bertz CT molecular complexity index is 1170. The number of thioether (sulfide) groups is 2. The van der Waals surface area contributed by atoms with E-state index in [1.165, 1.54) is 29.6 Å². The molecule has 0 bridgehead atoms. The summed E-state index contributed by atoms with van der Waals surface area (Å²) >= 11 is 2.74. The number of nitrogens with zero attached hydrogens (tertiary/aromatic N) is 2. The second-order valence-corrected chi connectivity index (χ2v) is 8.65. The molecule has 4 rings (SSSR count). The minimum absolute atomic E-state index is 0.118. The fraction of sp³-hybridized carbons (Fsp3) is 0.190. The molecule has 0 unspecified atom stereocenters. The first-order chi connectivity index (χ1) is 13.9. The third-order valence-electron chi connectivity index (χ3n) is 4.10. The molecule has 0 radical (unpaired) electrons. The van der Waals surface area contributed by atoms with Gasteiger partial charge in [0.15, 0.2) is 11.6 Å². The van der Waals surface area contributed by atoms with Crippen LogP contribution in [0.15, 0.2) is 51.0 Å². The molecule has 148 valence electrons. The predicted molar refractivity (Wildman–Crippen MR) is 117 cm³/mol. The molecule has 1 aromatic carbocycles. The van der Waals surface area contributed by atoms with Gasteiger partial charge in [0.05, 0.1) is 11.0 Å². The Morgan fingerprint density at radius 1 is 1.28 bits per heavy atom. The van der Waals surface area contributed by atoms with Gasteiger partial charge in [0, 0.05) is 29.4 Å². The molecule has 5 nitrogen and oxygen atoms in total. The Hall–Kier alpha value is -2.58. The van der Waals surface area contributed by atoms with E-state index in [1.54, 1.807) is 36.7 Å². The molecule has 0 spiro atoms. The SMILES string of the molecule is CSC1=NC(=O)C(=Cc2cc3cncc(-c4ccc(OC(C)C)c(F)c4)c3o2)S1. The summed E-state index contributed by atoms with van der Waals surface area (Å²) in [4.78, 5) is 20.7. The lowest BCUT2D eigenvalue weighted by Crippen LogP contribution is -2.06. The zero-order valence-electron chi connectivity index (χ0n) is 15.9. The van der Waals surface area contributed by atoms with Crippen molar-refractivity contribution in [2.75, 3.05) is 6.26 Å². The average molecular weight is 429 g/mol. The van der Waals surface area contributed by atoms with Crippen LogP contribution in [0, 0.1) is 5.82 Å². The number of carbonyl (C=O) groups excluding carboxylic acids is 1. The standard InChI is InChI=1S/C21H17FN2O3S2/c1-11(2)26-17-5-4-12(7-16(17)22)15-10-23-9-13-6-14(27-19(13)15)8-18-20(25)24-21(28-3)29-18/h4-11H,1-3H3. The van der Waals surface area contributed by atoms with Crippen molar-refractivity contribution in [3.8, 4) is 16.9 Å². The number of aliphatic imine (C=N–C) groups is 1. The highest BCUT2D eigenvalue weighted by Crippen LogP contribution is 2.36. The third-order valence-corrected chi connectivity index (χ3v) is 6.06. The fourth-order valence-corrected chi connectivity index (χ4v) is 4.28. The van der Waals surface area contributed by atoms with E-state index < -0.39 is 5.82 Å². The van der Waals surface area contributed by atoms with Gasteiger partial charge in [0.1, 0.15) is 15.7 Å². The number of carbonyl (C=O) groups is 1. The fourth-order valence-electron chi connectivity index (χ4n) is 2.88. The lowest BCUT2D eigenvalue weighted by Gasteiger charge is -2.11. The van der Waals surface area contributed by atoms with E-state index in [4.69, 9.17) is 9.15 Å². The molecule has 0 saturated heterocycles. The van der Waals surface area contributed by atoms with Crippen molar-refractivity contribution in [1.29, 1.82) is 0 Å². The van der Waals surface area contributed by atoms with Crippen LogP contribution in [0.25, 0.3) is 28.2 Å². The molecule has 1 aliphatic heterocycles. The molecular weight excluding hydrogens is 411 g/mol. The summed E-state index contributed by atoms with van der Waals surface area (Å²) in [6.45, 7) is 3.69. The number of hydrogen-bond donors (Lipinski definition) is 0. The van der Waals surface area contributed by atoms with Gasteiger partial charge < -0.3 is 9.15 Å². The van der Waals surface area contributed by atoms with Gasteiger partial charge >= 0.3 is 0 Å². The van der Waals surface area contributed by atoms with E-state index in [0.717, 1.165) is 5.39 Å². The van der Waals surface area contributed by atoms with Gasteiger partial charge in [-0.1, -0.05) is 17.8 Å². The van der Waals surface area contributed by atoms with Gasteiger partial charge in [-0.05, 0) is 43.9 Å². The molecule has 3 heterocycles. The Labute approximate surface area is 175 Å². The number of benzene rings is 1. The molecule has 1 amide bonds. The lowest BCUT2D eigenvalue weighted by atomic mass is 10.1. The largest absolute Gasteiger partial charge is 0.488 e. The number of fused-ring (bicyclic) bond motifs is 1. The maximum atomic E-state index is 14.4. The molecule has 0 aliphatic carbocycles. The van der Waals surface area contributed by atoms with Gasteiger partial charge in [0.2, 0.25) is 0 Å². The van der Waals surface area contributed by atoms with Gasteiger partial charge in [-0.3, -0.25) is 9.78 Å². The molecule has 29 heavy (non-hydrogen) atoms. The molecule has 0 fully saturated rings. The summed E-state index contributed by atoms with van der Waals surface area (Å²) in [5, 5.41) is 0.763. The summed E-state index contributed by atoms with van der Waals surface area (Å²) in [5.41, 5.74) is 1.86. The van der Waals surface area contributed by atoms with Crippen molar-refractivity contribution >= 4 is 50.9 Å². The summed E-state index contributed by atoms with van der Waals surface area (Å²) in [6.07, 6.45) is 6.73. The lowest BCUT2D eigenvalue weighted by molar-refractivity contribution is -0.113. The second-order valence-electron chi connectivity index (χ2n) is 6.56. The summed E-state index contributed by atoms with van der Waals surface area (Å²) in [7, 11) is 0. The first-order valence-electron chi connectivity index (χ1n) is 8.85. The van der Waals surface area contributed by atoms with E-state index in [9.17, 15) is 9.18 Å². The van der Waals surface area contributed by atoms with E-state index in [0.29, 0.717) is 31.8 Å². The summed E-state index contributed by atoms with van der Waals surface area (Å²) in [5.74, 6) is -0.00392. The molecule has 1 aliphatic rings. The van der Waals surface area contributed by atoms with E-state index in [2.05, 4.69) is 9.98 Å². The van der Waals surface area contributed by atoms with Crippen LogP contribution in [0.4, 0.5) is 4.39 Å². The minimum atomic E-state index is -0.447. The van der Waals surface area contributed by atoms with Crippen LogP contribution >= 0.6 is 23.5 Å². The molecular formula is C21H17FN2O3S2. The molecule has 0 saturated carbocycles. The van der Waals surface area contributed by atoms with Gasteiger partial charge in [-0.2, -0.15) is 4.99 Å². The first kappa shape index (κ1) is 19.7. The van der Waals surface area contributed by atoms with E-state index >= 15 is 0 Å². The first-order valence-corrected chi connectivity index (χ1v) is 10.9. The third kappa shape index (κ3) is 4.09. The van der Waals surface area contributed by atoms with Crippen LogP contribution in [0.1, 0.15) is 19.6 Å². The quantitative estimate of drug-likeness (QED) is 0.493. The van der Waals surface area contributed by atoms with Crippen molar-refractivity contribution in [3.63, 3.8) is 0 Å². The molecule has 2 aromatic heterocycles.